The lowest BCUT2D eigenvalue weighted by atomic mass is 9.78. The lowest BCUT2D eigenvalue weighted by molar-refractivity contribution is 0.206. The van der Waals surface area contributed by atoms with Crippen LogP contribution in [0.2, 0.25) is 0 Å². The van der Waals surface area contributed by atoms with E-state index in [9.17, 15) is 10.2 Å². The first-order valence-corrected chi connectivity index (χ1v) is 22.7. The Morgan fingerprint density at radius 2 is 0.825 bits per heavy atom. The van der Waals surface area contributed by atoms with E-state index in [4.69, 9.17) is 4.74 Å². The maximum Gasteiger partial charge on any atom is 0.131 e. The average molecular weight is 844 g/mol. The summed E-state index contributed by atoms with van der Waals surface area (Å²) in [5.41, 5.74) is 16.7. The molecule has 4 heteroatoms. The molecular formula is C59H73NO3. The van der Waals surface area contributed by atoms with Gasteiger partial charge in [0.1, 0.15) is 11.5 Å². The SMILES string of the molecule is COCCN(C)c1c(-c2cc(C)cc(-c3cc(C(C)(C)C)cc(C(C)(C)C)c3)c2O)cc(Cc2ccccc2)cc1-c1cc(C)cc(-c2cc(C(C)(C)C)cc(C(C)(C)C)c2)c1O. The van der Waals surface area contributed by atoms with E-state index in [1.807, 2.05) is 6.07 Å². The van der Waals surface area contributed by atoms with E-state index >= 15 is 0 Å². The van der Waals surface area contributed by atoms with Crippen molar-refractivity contribution < 1.29 is 14.9 Å². The Hall–Kier alpha value is -5.32. The van der Waals surface area contributed by atoms with Crippen molar-refractivity contribution >= 4 is 5.69 Å². The molecule has 0 radical (unpaired) electrons. The van der Waals surface area contributed by atoms with Crippen molar-refractivity contribution in [2.75, 3.05) is 32.2 Å². The Labute approximate surface area is 380 Å². The molecule has 6 aromatic carbocycles. The van der Waals surface area contributed by atoms with Crippen LogP contribution in [0.1, 0.15) is 128 Å². The molecule has 0 saturated carbocycles. The summed E-state index contributed by atoms with van der Waals surface area (Å²) in [7, 11) is 3.82. The number of hydrogen-bond donors (Lipinski definition) is 2. The van der Waals surface area contributed by atoms with Gasteiger partial charge in [-0.05, 0) is 134 Å². The van der Waals surface area contributed by atoms with Gasteiger partial charge >= 0.3 is 0 Å². The van der Waals surface area contributed by atoms with Gasteiger partial charge in [-0.2, -0.15) is 0 Å². The lowest BCUT2D eigenvalue weighted by Gasteiger charge is -2.29. The Morgan fingerprint density at radius 3 is 1.17 bits per heavy atom. The quantitative estimate of drug-likeness (QED) is 0.144. The first-order chi connectivity index (χ1) is 29.3. The monoisotopic (exact) mass is 844 g/mol. The highest BCUT2D eigenvalue weighted by Gasteiger charge is 2.28. The molecule has 0 aliphatic rings. The fraction of sp³-hybridized carbons (Fsp3) is 0.390. The van der Waals surface area contributed by atoms with Crippen LogP contribution in [0, 0.1) is 13.8 Å². The standard InChI is InChI=1S/C59H73NO3/c1-37-24-47(41-31-43(56(3,4)5)35-44(32-41)57(6,7)8)54(61)51(26-37)49-29-40(28-39-20-18-17-19-21-39)30-50(53(49)60(15)22-23-63-16)52-27-38(2)25-48(55(52)62)42-33-45(58(9,10)11)36-46(34-42)59(12,13)14/h17-21,24-27,29-36,61-62H,22-23,28H2,1-16H3. The summed E-state index contributed by atoms with van der Waals surface area (Å²) >= 11 is 0. The van der Waals surface area contributed by atoms with Crippen LogP contribution in [0.15, 0.2) is 103 Å². The van der Waals surface area contributed by atoms with Gasteiger partial charge in [0.15, 0.2) is 0 Å². The summed E-state index contributed by atoms with van der Waals surface area (Å²) in [5, 5.41) is 25.6. The number of ether oxygens (including phenoxy) is 1. The number of likely N-dealkylation sites (N-methyl/N-ethyl adjacent to an activating group) is 1. The van der Waals surface area contributed by atoms with Crippen LogP contribution in [0.3, 0.4) is 0 Å². The molecule has 2 N–H and O–H groups in total. The minimum absolute atomic E-state index is 0.0900. The van der Waals surface area contributed by atoms with Crippen LogP contribution in [-0.2, 0) is 32.8 Å². The summed E-state index contributed by atoms with van der Waals surface area (Å²) in [6.07, 6.45) is 0.674. The fourth-order valence-corrected chi connectivity index (χ4v) is 8.50. The predicted molar refractivity (Wildman–Crippen MR) is 270 cm³/mol. The molecule has 0 spiro atoms. The van der Waals surface area contributed by atoms with Gasteiger partial charge in [-0.3, -0.25) is 0 Å². The van der Waals surface area contributed by atoms with Crippen molar-refractivity contribution in [1.82, 2.24) is 0 Å². The van der Waals surface area contributed by atoms with Crippen molar-refractivity contribution in [2.24, 2.45) is 0 Å². The predicted octanol–water partition coefficient (Wildman–Crippen LogP) is 15.2. The zero-order valence-corrected chi connectivity index (χ0v) is 41.2. The molecule has 0 aromatic heterocycles. The van der Waals surface area contributed by atoms with Gasteiger partial charge in [-0.15, -0.1) is 0 Å². The third-order valence-corrected chi connectivity index (χ3v) is 12.5. The number of aromatic hydroxyl groups is 2. The second-order valence-corrected chi connectivity index (χ2v) is 22.1. The Balaban J connectivity index is 1.72. The third kappa shape index (κ3) is 10.6. The highest BCUT2D eigenvalue weighted by Crippen LogP contribution is 2.51. The van der Waals surface area contributed by atoms with Crippen molar-refractivity contribution in [2.45, 2.75) is 125 Å². The van der Waals surface area contributed by atoms with E-state index in [-0.39, 0.29) is 33.2 Å². The second kappa shape index (κ2) is 17.7. The molecule has 6 aromatic rings. The summed E-state index contributed by atoms with van der Waals surface area (Å²) in [6.45, 7) is 32.3. The van der Waals surface area contributed by atoms with Crippen LogP contribution < -0.4 is 4.90 Å². The van der Waals surface area contributed by atoms with E-state index < -0.39 is 0 Å². The summed E-state index contributed by atoms with van der Waals surface area (Å²) in [6, 6.07) is 37.1. The molecule has 0 amide bonds. The first-order valence-electron chi connectivity index (χ1n) is 22.7. The minimum Gasteiger partial charge on any atom is -0.507 e. The number of phenols is 2. The number of hydrogen-bond acceptors (Lipinski definition) is 4. The topological polar surface area (TPSA) is 52.9 Å². The molecule has 0 bridgehead atoms. The van der Waals surface area contributed by atoms with Gasteiger partial charge in [0.25, 0.3) is 0 Å². The molecule has 0 aliphatic heterocycles. The number of aryl methyl sites for hydroxylation is 2. The van der Waals surface area contributed by atoms with Crippen molar-refractivity contribution in [3.63, 3.8) is 0 Å². The van der Waals surface area contributed by atoms with Gasteiger partial charge in [0, 0.05) is 54.1 Å². The van der Waals surface area contributed by atoms with E-state index in [1.54, 1.807) is 7.11 Å². The molecule has 332 valence electrons. The van der Waals surface area contributed by atoms with Gasteiger partial charge in [0.2, 0.25) is 0 Å². The second-order valence-electron chi connectivity index (χ2n) is 22.1. The molecule has 0 fully saturated rings. The molecule has 6 rings (SSSR count). The molecule has 0 heterocycles. The zero-order chi connectivity index (χ0) is 46.4. The maximum atomic E-state index is 12.8. The highest BCUT2D eigenvalue weighted by molar-refractivity contribution is 5.98. The summed E-state index contributed by atoms with van der Waals surface area (Å²) < 4.78 is 5.68. The normalized spacial score (nSPS) is 12.5. The number of phenolic OH excluding ortho intramolecular Hbond substituents is 2. The zero-order valence-electron chi connectivity index (χ0n) is 41.2. The van der Waals surface area contributed by atoms with Crippen LogP contribution in [0.4, 0.5) is 5.69 Å². The Morgan fingerprint density at radius 1 is 0.460 bits per heavy atom. The van der Waals surface area contributed by atoms with Crippen molar-refractivity contribution in [1.29, 1.82) is 0 Å². The first kappa shape index (κ1) is 47.2. The van der Waals surface area contributed by atoms with E-state index in [2.05, 4.69) is 206 Å². The average Bonchev–Trinajstić information content (AvgIpc) is 3.19. The van der Waals surface area contributed by atoms with E-state index in [0.29, 0.717) is 19.6 Å². The van der Waals surface area contributed by atoms with Gasteiger partial charge in [-0.25, -0.2) is 0 Å². The van der Waals surface area contributed by atoms with Crippen LogP contribution in [0.5, 0.6) is 11.5 Å². The molecule has 0 unspecified atom stereocenters. The van der Waals surface area contributed by atoms with Crippen LogP contribution >= 0.6 is 0 Å². The largest absolute Gasteiger partial charge is 0.507 e. The number of rotatable bonds is 10. The van der Waals surface area contributed by atoms with Gasteiger partial charge < -0.3 is 19.8 Å². The number of anilines is 1. The summed E-state index contributed by atoms with van der Waals surface area (Å²) in [4.78, 5) is 2.22. The number of nitrogens with zero attached hydrogens (tertiary/aromatic N) is 1. The molecule has 0 atom stereocenters. The van der Waals surface area contributed by atoms with Crippen molar-refractivity contribution in [3.8, 4) is 56.0 Å². The molecule has 4 nitrogen and oxygen atoms in total. The molecular weight excluding hydrogens is 771 g/mol. The maximum absolute atomic E-state index is 12.8. The Bertz CT molecular complexity index is 2390. The third-order valence-electron chi connectivity index (χ3n) is 12.5. The highest BCUT2D eigenvalue weighted by atomic mass is 16.5. The minimum atomic E-state index is -0.0900. The molecule has 0 aliphatic carbocycles. The molecule has 0 saturated heterocycles. The molecule has 63 heavy (non-hydrogen) atoms. The number of benzene rings is 6. The van der Waals surface area contributed by atoms with E-state index in [1.165, 1.54) is 27.8 Å². The fourth-order valence-electron chi connectivity index (χ4n) is 8.50. The van der Waals surface area contributed by atoms with Crippen molar-refractivity contribution in [3.05, 3.63) is 148 Å². The van der Waals surface area contributed by atoms with Gasteiger partial charge in [-0.1, -0.05) is 150 Å². The Kier molecular flexibility index (Phi) is 13.2. The van der Waals surface area contributed by atoms with Crippen LogP contribution in [0.25, 0.3) is 44.5 Å². The summed E-state index contributed by atoms with van der Waals surface area (Å²) in [5.74, 6) is 0.470. The van der Waals surface area contributed by atoms with E-state index in [0.717, 1.165) is 66.9 Å². The number of methoxy groups -OCH3 is 1. The lowest BCUT2D eigenvalue weighted by Crippen LogP contribution is -2.23. The van der Waals surface area contributed by atoms with Gasteiger partial charge in [0.05, 0.1) is 12.3 Å². The van der Waals surface area contributed by atoms with Crippen LogP contribution in [-0.4, -0.2) is 37.5 Å². The smallest absolute Gasteiger partial charge is 0.131 e.